The number of carbonyl (C=O) groups is 2. The van der Waals surface area contributed by atoms with Crippen molar-refractivity contribution in [1.29, 1.82) is 5.26 Å². The number of nitrogens with zero attached hydrogens (tertiary/aromatic N) is 2. The maximum absolute atomic E-state index is 12.4. The standard InChI is InChI=1S/C21H23N3O4S/c1-3-28-21(26)24-10-9-16-17(12-22)20(29-18(16)13-24)23-19(25)8-7-14-5-4-6-15(11-14)27-2/h4-6,11H,3,7-10,13H2,1-2H3,(H,23,25). The van der Waals surface area contributed by atoms with Crippen LogP contribution in [0.5, 0.6) is 5.75 Å². The molecule has 0 saturated carbocycles. The van der Waals surface area contributed by atoms with E-state index in [-0.39, 0.29) is 12.0 Å². The summed E-state index contributed by atoms with van der Waals surface area (Å²) in [7, 11) is 1.61. The van der Waals surface area contributed by atoms with Crippen LogP contribution in [0.2, 0.25) is 0 Å². The number of benzene rings is 1. The van der Waals surface area contributed by atoms with Crippen LogP contribution in [-0.4, -0.2) is 37.2 Å². The lowest BCUT2D eigenvalue weighted by atomic mass is 10.0. The number of anilines is 1. The number of thiophene rings is 1. The van der Waals surface area contributed by atoms with Gasteiger partial charge in [-0.15, -0.1) is 11.3 Å². The third kappa shape index (κ3) is 4.87. The number of ether oxygens (including phenoxy) is 2. The number of fused-ring (bicyclic) bond motifs is 1. The maximum Gasteiger partial charge on any atom is 0.410 e. The van der Waals surface area contributed by atoms with Crippen LogP contribution in [0.1, 0.15) is 34.9 Å². The highest BCUT2D eigenvalue weighted by Crippen LogP contribution is 2.36. The first-order valence-corrected chi connectivity index (χ1v) is 10.3. The molecule has 2 aromatic rings. The van der Waals surface area contributed by atoms with Crippen molar-refractivity contribution in [2.75, 3.05) is 25.6 Å². The van der Waals surface area contributed by atoms with Gasteiger partial charge < -0.3 is 19.7 Å². The Hall–Kier alpha value is -3.05. The van der Waals surface area contributed by atoms with Gasteiger partial charge in [-0.1, -0.05) is 12.1 Å². The number of carbonyl (C=O) groups excluding carboxylic acids is 2. The molecule has 29 heavy (non-hydrogen) atoms. The number of nitriles is 1. The van der Waals surface area contributed by atoms with Crippen LogP contribution in [0.4, 0.5) is 9.80 Å². The van der Waals surface area contributed by atoms with Crippen molar-refractivity contribution in [3.63, 3.8) is 0 Å². The molecule has 0 aliphatic carbocycles. The largest absolute Gasteiger partial charge is 0.497 e. The highest BCUT2D eigenvalue weighted by Gasteiger charge is 2.28. The van der Waals surface area contributed by atoms with Gasteiger partial charge in [-0.3, -0.25) is 4.79 Å². The minimum Gasteiger partial charge on any atom is -0.497 e. The Labute approximate surface area is 173 Å². The highest BCUT2D eigenvalue weighted by molar-refractivity contribution is 7.16. The van der Waals surface area contributed by atoms with Crippen LogP contribution in [0.25, 0.3) is 0 Å². The van der Waals surface area contributed by atoms with Crippen molar-refractivity contribution in [2.24, 2.45) is 0 Å². The summed E-state index contributed by atoms with van der Waals surface area (Å²) < 4.78 is 10.3. The first-order valence-electron chi connectivity index (χ1n) is 9.44. The molecular formula is C21H23N3O4S. The summed E-state index contributed by atoms with van der Waals surface area (Å²) in [5.74, 6) is 0.608. The smallest absolute Gasteiger partial charge is 0.410 e. The lowest BCUT2D eigenvalue weighted by Crippen LogP contribution is -2.35. The van der Waals surface area contributed by atoms with Crippen LogP contribution in [-0.2, 0) is 28.9 Å². The molecule has 0 fully saturated rings. The molecule has 152 valence electrons. The summed E-state index contributed by atoms with van der Waals surface area (Å²) in [6.45, 7) is 2.99. The molecule has 1 aromatic heterocycles. The summed E-state index contributed by atoms with van der Waals surface area (Å²) >= 11 is 1.36. The van der Waals surface area contributed by atoms with E-state index in [1.807, 2.05) is 24.3 Å². The first-order chi connectivity index (χ1) is 14.0. The predicted molar refractivity (Wildman–Crippen MR) is 110 cm³/mol. The van der Waals surface area contributed by atoms with Gasteiger partial charge in [0.15, 0.2) is 0 Å². The van der Waals surface area contributed by atoms with Crippen LogP contribution in [0.3, 0.4) is 0 Å². The molecule has 7 nitrogen and oxygen atoms in total. The normalized spacial score (nSPS) is 12.7. The second kappa shape index (κ2) is 9.43. The average molecular weight is 413 g/mol. The van der Waals surface area contributed by atoms with Crippen molar-refractivity contribution in [1.82, 2.24) is 4.90 Å². The number of amides is 2. The second-order valence-corrected chi connectivity index (χ2v) is 7.70. The van der Waals surface area contributed by atoms with Crippen molar-refractivity contribution in [3.05, 3.63) is 45.8 Å². The summed E-state index contributed by atoms with van der Waals surface area (Å²) in [4.78, 5) is 27.0. The van der Waals surface area contributed by atoms with E-state index < -0.39 is 0 Å². The van der Waals surface area contributed by atoms with Crippen molar-refractivity contribution in [3.8, 4) is 11.8 Å². The highest BCUT2D eigenvalue weighted by atomic mass is 32.1. The zero-order chi connectivity index (χ0) is 20.8. The van der Waals surface area contributed by atoms with E-state index in [0.717, 1.165) is 21.8 Å². The Morgan fingerprint density at radius 1 is 1.38 bits per heavy atom. The Kier molecular flexibility index (Phi) is 6.73. The lowest BCUT2D eigenvalue weighted by Gasteiger charge is -2.25. The molecule has 0 radical (unpaired) electrons. The number of aryl methyl sites for hydroxylation is 1. The molecule has 3 rings (SSSR count). The third-order valence-corrected chi connectivity index (χ3v) is 5.85. The molecule has 0 unspecified atom stereocenters. The van der Waals surface area contributed by atoms with E-state index in [2.05, 4.69) is 11.4 Å². The molecule has 0 saturated heterocycles. The minimum atomic E-state index is -0.353. The van der Waals surface area contributed by atoms with E-state index in [9.17, 15) is 14.9 Å². The average Bonchev–Trinajstić information content (AvgIpc) is 3.08. The van der Waals surface area contributed by atoms with Gasteiger partial charge in [-0.2, -0.15) is 5.26 Å². The minimum absolute atomic E-state index is 0.148. The molecule has 0 spiro atoms. The van der Waals surface area contributed by atoms with Crippen LogP contribution in [0.15, 0.2) is 24.3 Å². The van der Waals surface area contributed by atoms with Gasteiger partial charge in [-0.25, -0.2) is 4.79 Å². The monoisotopic (exact) mass is 413 g/mol. The fraction of sp³-hybridized carbons (Fsp3) is 0.381. The number of hydrogen-bond donors (Lipinski definition) is 1. The topological polar surface area (TPSA) is 91.7 Å². The fourth-order valence-electron chi connectivity index (χ4n) is 3.26. The van der Waals surface area contributed by atoms with Gasteiger partial charge in [0.25, 0.3) is 0 Å². The Morgan fingerprint density at radius 3 is 2.93 bits per heavy atom. The van der Waals surface area contributed by atoms with Gasteiger partial charge in [-0.05, 0) is 43.0 Å². The van der Waals surface area contributed by atoms with Crippen LogP contribution < -0.4 is 10.1 Å². The predicted octanol–water partition coefficient (Wildman–Crippen LogP) is 3.71. The molecule has 2 amide bonds. The SMILES string of the molecule is CCOC(=O)N1CCc2c(sc(NC(=O)CCc3cccc(OC)c3)c2C#N)C1. The van der Waals surface area contributed by atoms with E-state index in [4.69, 9.17) is 9.47 Å². The van der Waals surface area contributed by atoms with Gasteiger partial charge in [0.05, 0.1) is 25.8 Å². The van der Waals surface area contributed by atoms with E-state index in [1.54, 1.807) is 18.9 Å². The third-order valence-electron chi connectivity index (χ3n) is 4.72. The zero-order valence-electron chi connectivity index (χ0n) is 16.5. The van der Waals surface area contributed by atoms with Gasteiger partial charge >= 0.3 is 6.09 Å². The second-order valence-electron chi connectivity index (χ2n) is 6.59. The van der Waals surface area contributed by atoms with Gasteiger partial charge in [0.1, 0.15) is 16.8 Å². The summed E-state index contributed by atoms with van der Waals surface area (Å²) in [5, 5.41) is 13.0. The molecule has 1 aliphatic heterocycles. The maximum atomic E-state index is 12.4. The Balaban J connectivity index is 1.66. The lowest BCUT2D eigenvalue weighted by molar-refractivity contribution is -0.116. The van der Waals surface area contributed by atoms with Crippen LogP contribution in [0, 0.1) is 11.3 Å². The van der Waals surface area contributed by atoms with E-state index in [1.165, 1.54) is 11.3 Å². The molecule has 2 heterocycles. The molecule has 1 aliphatic rings. The number of hydrogen-bond acceptors (Lipinski definition) is 6. The Morgan fingerprint density at radius 2 is 2.21 bits per heavy atom. The molecule has 1 aromatic carbocycles. The Bertz CT molecular complexity index is 948. The summed E-state index contributed by atoms with van der Waals surface area (Å²) in [6.07, 6.45) is 1.10. The molecule has 0 atom stereocenters. The van der Waals surface area contributed by atoms with Gasteiger partial charge in [0.2, 0.25) is 5.91 Å². The van der Waals surface area contributed by atoms with Gasteiger partial charge in [0, 0.05) is 17.8 Å². The van der Waals surface area contributed by atoms with Crippen LogP contribution >= 0.6 is 11.3 Å². The number of methoxy groups -OCH3 is 1. The number of nitrogens with one attached hydrogen (secondary N) is 1. The van der Waals surface area contributed by atoms with Crippen molar-refractivity contribution in [2.45, 2.75) is 32.7 Å². The van der Waals surface area contributed by atoms with Crippen molar-refractivity contribution < 1.29 is 19.1 Å². The molecule has 0 bridgehead atoms. The zero-order valence-corrected chi connectivity index (χ0v) is 17.3. The number of rotatable bonds is 6. The molecular weight excluding hydrogens is 390 g/mol. The summed E-state index contributed by atoms with van der Waals surface area (Å²) in [5.41, 5.74) is 2.43. The first kappa shape index (κ1) is 20.7. The molecule has 8 heteroatoms. The van der Waals surface area contributed by atoms with Crippen molar-refractivity contribution >= 4 is 28.3 Å². The van der Waals surface area contributed by atoms with E-state index >= 15 is 0 Å². The van der Waals surface area contributed by atoms with E-state index in [0.29, 0.717) is 49.5 Å². The quantitative estimate of drug-likeness (QED) is 0.779. The molecule has 1 N–H and O–H groups in total. The summed E-state index contributed by atoms with van der Waals surface area (Å²) in [6, 6.07) is 9.82. The fourth-order valence-corrected chi connectivity index (χ4v) is 4.49.